The minimum atomic E-state index is -0.136. The molecule has 0 unspecified atom stereocenters. The van der Waals surface area contributed by atoms with E-state index in [1.54, 1.807) is 24.5 Å². The van der Waals surface area contributed by atoms with Crippen molar-refractivity contribution in [2.45, 2.75) is 37.4 Å². The molecule has 0 aliphatic carbocycles. The fourth-order valence-corrected chi connectivity index (χ4v) is 5.39. The van der Waals surface area contributed by atoms with Gasteiger partial charge in [0.25, 0.3) is 0 Å². The lowest BCUT2D eigenvalue weighted by molar-refractivity contribution is -0.0656. The van der Waals surface area contributed by atoms with E-state index in [2.05, 4.69) is 50.9 Å². The normalized spacial score (nSPS) is 23.1. The van der Waals surface area contributed by atoms with Gasteiger partial charge in [0, 0.05) is 60.2 Å². The Kier molecular flexibility index (Phi) is 7.01. The van der Waals surface area contributed by atoms with Crippen LogP contribution in [-0.2, 0) is 6.54 Å². The van der Waals surface area contributed by atoms with Crippen LogP contribution >= 0.6 is 0 Å². The molecule has 34 heavy (non-hydrogen) atoms. The Hall–Kier alpha value is -3.04. The van der Waals surface area contributed by atoms with Gasteiger partial charge in [-0.05, 0) is 61.8 Å². The van der Waals surface area contributed by atoms with Gasteiger partial charge in [-0.25, -0.2) is 4.39 Å². The van der Waals surface area contributed by atoms with Crippen molar-refractivity contribution in [1.29, 1.82) is 0 Å². The molecule has 5 rings (SSSR count). The summed E-state index contributed by atoms with van der Waals surface area (Å²) in [6, 6.07) is 19.8. The Morgan fingerprint density at radius 3 is 2.50 bits per heavy atom. The van der Waals surface area contributed by atoms with Gasteiger partial charge in [-0.15, -0.1) is 0 Å². The van der Waals surface area contributed by atoms with Crippen LogP contribution in [0.4, 0.5) is 4.39 Å². The summed E-state index contributed by atoms with van der Waals surface area (Å²) < 4.78 is 14.3. The van der Waals surface area contributed by atoms with E-state index in [1.807, 2.05) is 24.3 Å². The molecule has 5 heteroatoms. The molecule has 2 fully saturated rings. The third-order valence-corrected chi connectivity index (χ3v) is 7.11. The predicted octanol–water partition coefficient (Wildman–Crippen LogP) is 4.05. The van der Waals surface area contributed by atoms with Gasteiger partial charge in [0.1, 0.15) is 5.82 Å². The lowest BCUT2D eigenvalue weighted by Crippen LogP contribution is -2.67. The van der Waals surface area contributed by atoms with Crippen molar-refractivity contribution in [1.82, 2.24) is 14.8 Å². The second kappa shape index (κ2) is 10.5. The van der Waals surface area contributed by atoms with Crippen molar-refractivity contribution in [3.8, 4) is 11.8 Å². The fourth-order valence-electron chi connectivity index (χ4n) is 5.39. The maximum Gasteiger partial charge on any atom is 0.127 e. The molecular formula is C29H30FN3O. The minimum absolute atomic E-state index is 0.130. The molecule has 1 aromatic heterocycles. The van der Waals surface area contributed by atoms with Crippen LogP contribution in [0, 0.1) is 17.7 Å². The van der Waals surface area contributed by atoms with Crippen molar-refractivity contribution in [3.63, 3.8) is 0 Å². The number of benzene rings is 2. The molecule has 3 heterocycles. The third-order valence-electron chi connectivity index (χ3n) is 7.11. The smallest absolute Gasteiger partial charge is 0.127 e. The van der Waals surface area contributed by atoms with Gasteiger partial charge >= 0.3 is 0 Å². The van der Waals surface area contributed by atoms with Gasteiger partial charge in [0.05, 0.1) is 6.61 Å². The van der Waals surface area contributed by atoms with Crippen molar-refractivity contribution in [3.05, 3.63) is 101 Å². The van der Waals surface area contributed by atoms with Crippen LogP contribution in [0.2, 0.25) is 0 Å². The number of aromatic nitrogens is 1. The van der Waals surface area contributed by atoms with Crippen LogP contribution in [0.1, 0.15) is 41.0 Å². The van der Waals surface area contributed by atoms with E-state index in [1.165, 1.54) is 5.56 Å². The summed E-state index contributed by atoms with van der Waals surface area (Å²) >= 11 is 0. The number of hydrogen-bond donors (Lipinski definition) is 1. The number of halogens is 1. The van der Waals surface area contributed by atoms with Crippen LogP contribution < -0.4 is 0 Å². The molecule has 2 aliphatic rings. The molecule has 0 bridgehead atoms. The number of hydrogen-bond acceptors (Lipinski definition) is 4. The first-order chi connectivity index (χ1) is 16.7. The van der Waals surface area contributed by atoms with E-state index in [9.17, 15) is 9.50 Å². The third kappa shape index (κ3) is 4.90. The highest BCUT2D eigenvalue weighted by Crippen LogP contribution is 2.42. The molecule has 0 amide bonds. The van der Waals surface area contributed by atoms with Crippen LogP contribution in [0.5, 0.6) is 0 Å². The second-order valence-electron chi connectivity index (χ2n) is 9.23. The zero-order valence-corrected chi connectivity index (χ0v) is 19.3. The maximum absolute atomic E-state index is 14.3. The lowest BCUT2D eigenvalue weighted by atomic mass is 9.74. The first kappa shape index (κ1) is 22.7. The van der Waals surface area contributed by atoms with Crippen molar-refractivity contribution >= 4 is 0 Å². The zero-order valence-electron chi connectivity index (χ0n) is 19.3. The maximum atomic E-state index is 14.3. The Bertz CT molecular complexity index is 1160. The van der Waals surface area contributed by atoms with Crippen molar-refractivity contribution < 1.29 is 9.50 Å². The number of fused-ring (bicyclic) bond motifs is 1. The van der Waals surface area contributed by atoms with Gasteiger partial charge < -0.3 is 5.11 Å². The van der Waals surface area contributed by atoms with E-state index in [0.717, 1.165) is 49.2 Å². The van der Waals surface area contributed by atoms with Gasteiger partial charge in [-0.1, -0.05) is 42.2 Å². The average molecular weight is 456 g/mol. The number of rotatable bonds is 4. The highest BCUT2D eigenvalue weighted by atomic mass is 19.1. The predicted molar refractivity (Wildman–Crippen MR) is 132 cm³/mol. The molecule has 1 N–H and O–H groups in total. The summed E-state index contributed by atoms with van der Waals surface area (Å²) in [6.07, 6.45) is 5.69. The topological polar surface area (TPSA) is 39.6 Å². The Morgan fingerprint density at radius 2 is 1.74 bits per heavy atom. The van der Waals surface area contributed by atoms with Crippen molar-refractivity contribution in [2.75, 3.05) is 26.2 Å². The summed E-state index contributed by atoms with van der Waals surface area (Å²) in [4.78, 5) is 8.94. The molecule has 2 saturated heterocycles. The second-order valence-corrected chi connectivity index (χ2v) is 9.23. The molecule has 2 aliphatic heterocycles. The molecule has 3 atom stereocenters. The zero-order chi connectivity index (χ0) is 23.3. The van der Waals surface area contributed by atoms with E-state index < -0.39 is 0 Å². The molecule has 2 aromatic carbocycles. The van der Waals surface area contributed by atoms with Gasteiger partial charge in [-0.2, -0.15) is 0 Å². The molecule has 0 radical (unpaired) electrons. The largest absolute Gasteiger partial charge is 0.395 e. The average Bonchev–Trinajstić information content (AvgIpc) is 2.86. The Balaban J connectivity index is 1.33. The Morgan fingerprint density at radius 1 is 0.941 bits per heavy atom. The summed E-state index contributed by atoms with van der Waals surface area (Å²) in [5.41, 5.74) is 3.84. The molecular weight excluding hydrogens is 425 g/mol. The summed E-state index contributed by atoms with van der Waals surface area (Å²) in [6.45, 7) is 3.62. The van der Waals surface area contributed by atoms with Crippen LogP contribution in [-0.4, -0.2) is 58.2 Å². The SMILES string of the molecule is OC[C@@H]1[C@@H](c2ccc(C#Cc3cccnc3)cc2)[C@@H]2CN(Cc3ccccc3F)CCCCN12. The molecule has 174 valence electrons. The number of pyridine rings is 1. The van der Waals surface area contributed by atoms with Crippen LogP contribution in [0.25, 0.3) is 0 Å². The van der Waals surface area contributed by atoms with Gasteiger partial charge in [0.15, 0.2) is 0 Å². The van der Waals surface area contributed by atoms with E-state index in [0.29, 0.717) is 12.6 Å². The molecule has 3 aromatic rings. The highest BCUT2D eigenvalue weighted by Gasteiger charge is 2.49. The van der Waals surface area contributed by atoms with E-state index in [-0.39, 0.29) is 24.4 Å². The van der Waals surface area contributed by atoms with Gasteiger partial charge in [-0.3, -0.25) is 14.8 Å². The standard InChI is InChI=1S/C29H30FN3O/c30-26-8-2-1-7-25(26)19-32-16-3-4-17-33-27(20-32)29(28(33)21-34)24-13-11-22(12-14-24)9-10-23-6-5-15-31-18-23/h1-2,5-8,11-15,18,27-29,34H,3-4,16-17,19-21H2/t27-,28+,29-/m0/s1. The summed E-state index contributed by atoms with van der Waals surface area (Å²) in [5, 5.41) is 10.2. The van der Waals surface area contributed by atoms with Crippen LogP contribution in [0.15, 0.2) is 73.1 Å². The Labute approximate surface area is 201 Å². The number of nitrogens with zero attached hydrogens (tertiary/aromatic N) is 3. The minimum Gasteiger partial charge on any atom is -0.395 e. The van der Waals surface area contributed by atoms with Crippen molar-refractivity contribution in [2.24, 2.45) is 0 Å². The first-order valence-electron chi connectivity index (χ1n) is 12.1. The summed E-state index contributed by atoms with van der Waals surface area (Å²) in [7, 11) is 0. The monoisotopic (exact) mass is 455 g/mol. The van der Waals surface area contributed by atoms with Crippen LogP contribution in [0.3, 0.4) is 0 Å². The fraction of sp³-hybridized carbons (Fsp3) is 0.345. The summed E-state index contributed by atoms with van der Waals surface area (Å²) in [5.74, 6) is 6.48. The quantitative estimate of drug-likeness (QED) is 0.603. The van der Waals surface area contributed by atoms with E-state index in [4.69, 9.17) is 0 Å². The molecule has 0 spiro atoms. The first-order valence-corrected chi connectivity index (χ1v) is 12.1. The lowest BCUT2D eigenvalue weighted by Gasteiger charge is -2.57. The highest BCUT2D eigenvalue weighted by molar-refractivity contribution is 5.43. The van der Waals surface area contributed by atoms with Gasteiger partial charge in [0.2, 0.25) is 0 Å². The number of aliphatic hydroxyl groups is 1. The van der Waals surface area contributed by atoms with E-state index >= 15 is 0 Å². The molecule has 0 saturated carbocycles. The number of aliphatic hydroxyl groups excluding tert-OH is 1. The molecule has 4 nitrogen and oxygen atoms in total.